The summed E-state index contributed by atoms with van der Waals surface area (Å²) in [5.41, 5.74) is 12.0. The highest BCUT2D eigenvalue weighted by molar-refractivity contribution is 7.26. The van der Waals surface area contributed by atoms with Crippen molar-refractivity contribution in [2.75, 3.05) is 0 Å². The largest absolute Gasteiger partial charge is 0.427 e. The topological polar surface area (TPSA) is 26.3 Å². The van der Waals surface area contributed by atoms with Crippen molar-refractivity contribution in [3.8, 4) is 17.2 Å². The van der Waals surface area contributed by atoms with Gasteiger partial charge in [0.05, 0.1) is 0 Å². The third kappa shape index (κ3) is 5.79. The molecule has 6 aromatic rings. The van der Waals surface area contributed by atoms with Gasteiger partial charge < -0.3 is 4.74 Å². The summed E-state index contributed by atoms with van der Waals surface area (Å²) in [4.78, 5) is 11.6. The van der Waals surface area contributed by atoms with Crippen molar-refractivity contribution < 1.29 is 9.53 Å². The number of carbonyl (C=O) groups is 1. The molecule has 2 nitrogen and oxygen atoms in total. The maximum atomic E-state index is 11.6. The van der Waals surface area contributed by atoms with Gasteiger partial charge in [-0.3, -0.25) is 4.79 Å². The molecule has 1 aliphatic heterocycles. The van der Waals surface area contributed by atoms with Crippen LogP contribution in [0.5, 0.6) is 5.75 Å². The lowest BCUT2D eigenvalue weighted by Gasteiger charge is -2.30. The van der Waals surface area contributed by atoms with Gasteiger partial charge in [0.1, 0.15) is 5.75 Å². The minimum atomic E-state index is -3.15. The second-order valence-electron chi connectivity index (χ2n) is 11.4. The second-order valence-corrected chi connectivity index (χ2v) is 14.8. The Kier molecular flexibility index (Phi) is 8.34. The van der Waals surface area contributed by atoms with E-state index in [0.717, 1.165) is 16.7 Å². The van der Waals surface area contributed by atoms with Gasteiger partial charge in [0.15, 0.2) is 0 Å². The summed E-state index contributed by atoms with van der Waals surface area (Å²) in [6.45, 7) is 1.41. The number of benzene rings is 6. The van der Waals surface area contributed by atoms with Gasteiger partial charge in [0.2, 0.25) is 8.07 Å². The van der Waals surface area contributed by atoms with Crippen molar-refractivity contribution in [2.24, 2.45) is 0 Å². The summed E-state index contributed by atoms with van der Waals surface area (Å²) >= 11 is 0. The first kappa shape index (κ1) is 29.7. The van der Waals surface area contributed by atoms with Gasteiger partial charge in [-0.25, -0.2) is 0 Å². The maximum Gasteiger partial charge on any atom is 0.308 e. The molecule has 1 heterocycles. The summed E-state index contributed by atoms with van der Waals surface area (Å²) in [5, 5.41) is 3.77. The van der Waals surface area contributed by atoms with E-state index in [1.165, 1.54) is 44.8 Å². The van der Waals surface area contributed by atoms with Gasteiger partial charge in [-0.15, -0.1) is 5.54 Å². The number of esters is 1. The van der Waals surface area contributed by atoms with Gasteiger partial charge >= 0.3 is 5.97 Å². The first-order valence-corrected chi connectivity index (χ1v) is 17.7. The van der Waals surface area contributed by atoms with E-state index in [2.05, 4.69) is 163 Å². The van der Waals surface area contributed by atoms with E-state index in [0.29, 0.717) is 5.75 Å². The fourth-order valence-electron chi connectivity index (χ4n) is 6.58. The molecule has 0 amide bonds. The molecule has 0 unspecified atom stereocenters. The zero-order valence-corrected chi connectivity index (χ0v) is 27.1. The first-order valence-electron chi connectivity index (χ1n) is 15.7. The highest BCUT2D eigenvalue weighted by atomic mass is 28.3. The first-order chi connectivity index (χ1) is 23.1. The molecular weight excluding hydrogens is 589 g/mol. The molecule has 0 aliphatic carbocycles. The van der Waals surface area contributed by atoms with Crippen LogP contribution < -0.4 is 9.92 Å². The molecule has 0 atom stereocenters. The van der Waals surface area contributed by atoms with Gasteiger partial charge in [-0.2, -0.15) is 0 Å². The van der Waals surface area contributed by atoms with Crippen molar-refractivity contribution >= 4 is 40.8 Å². The standard InChI is InChI=1S/C44H32O2Si/c1-33(45)46-39-29-27-34(28-30-39)31-32-47(40-25-15-6-16-26-40)43(37-21-11-4-12-22-37)41(35-17-7-2-8-18-35)42(36-19-9-3-10-20-36)44(47)38-23-13-5-14-24-38/h2-30H,1H3. The fourth-order valence-corrected chi connectivity index (χ4v) is 11.3. The van der Waals surface area contributed by atoms with E-state index in [-0.39, 0.29) is 5.97 Å². The summed E-state index contributed by atoms with van der Waals surface area (Å²) in [6.07, 6.45) is 0. The average Bonchev–Trinajstić information content (AvgIpc) is 3.45. The van der Waals surface area contributed by atoms with E-state index < -0.39 is 8.07 Å². The molecule has 0 fully saturated rings. The Labute approximate surface area is 277 Å². The molecule has 47 heavy (non-hydrogen) atoms. The van der Waals surface area contributed by atoms with Crippen molar-refractivity contribution in [1.29, 1.82) is 0 Å². The number of rotatable bonds is 6. The molecular formula is C44H32O2Si. The summed E-state index contributed by atoms with van der Waals surface area (Å²) < 4.78 is 5.32. The molecule has 0 spiro atoms. The van der Waals surface area contributed by atoms with E-state index in [1.54, 1.807) is 0 Å². The van der Waals surface area contributed by atoms with E-state index in [1.807, 2.05) is 24.3 Å². The van der Waals surface area contributed by atoms with E-state index in [9.17, 15) is 4.79 Å². The number of hydrogen-bond donors (Lipinski definition) is 0. The Morgan fingerprint density at radius 1 is 0.489 bits per heavy atom. The van der Waals surface area contributed by atoms with Crippen molar-refractivity contribution in [2.45, 2.75) is 6.92 Å². The maximum absolute atomic E-state index is 11.6. The molecule has 0 saturated carbocycles. The van der Waals surface area contributed by atoms with Crippen LogP contribution in [-0.4, -0.2) is 14.0 Å². The Hall–Kier alpha value is -5.95. The second kappa shape index (κ2) is 13.2. The molecule has 1 aliphatic rings. The quantitative estimate of drug-likeness (QED) is 0.0803. The Morgan fingerprint density at radius 2 is 0.872 bits per heavy atom. The van der Waals surface area contributed by atoms with Crippen molar-refractivity contribution in [3.05, 3.63) is 204 Å². The molecule has 0 bridgehead atoms. The Bertz CT molecular complexity index is 2040. The summed E-state index contributed by atoms with van der Waals surface area (Å²) in [7, 11) is -3.15. The number of allylic oxidation sites excluding steroid dienone is 2. The van der Waals surface area contributed by atoms with Crippen LogP contribution in [0.25, 0.3) is 21.5 Å². The molecule has 3 heteroatoms. The SMILES string of the molecule is CC(=O)Oc1ccc(C#C[Si]2(c3ccccc3)C(c3ccccc3)=C(c3ccccc3)C(c3ccccc3)=C2c2ccccc2)cc1. The normalized spacial score (nSPS) is 13.6. The third-order valence-electron chi connectivity index (χ3n) is 8.47. The van der Waals surface area contributed by atoms with Crippen LogP contribution in [0.3, 0.4) is 0 Å². The Balaban J connectivity index is 1.65. The van der Waals surface area contributed by atoms with Crippen molar-refractivity contribution in [3.63, 3.8) is 0 Å². The van der Waals surface area contributed by atoms with E-state index in [4.69, 9.17) is 4.74 Å². The van der Waals surface area contributed by atoms with Crippen LogP contribution in [-0.2, 0) is 4.79 Å². The molecule has 0 aromatic heterocycles. The zero-order chi connectivity index (χ0) is 32.1. The van der Waals surface area contributed by atoms with Crippen LogP contribution in [0.1, 0.15) is 34.7 Å². The minimum absolute atomic E-state index is 0.345. The predicted octanol–water partition coefficient (Wildman–Crippen LogP) is 9.17. The lowest BCUT2D eigenvalue weighted by atomic mass is 9.89. The molecule has 0 saturated heterocycles. The fraction of sp³-hybridized carbons (Fsp3) is 0.0227. The lowest BCUT2D eigenvalue weighted by molar-refractivity contribution is -0.131. The highest BCUT2D eigenvalue weighted by Crippen LogP contribution is 2.55. The van der Waals surface area contributed by atoms with Gasteiger partial charge in [0.25, 0.3) is 0 Å². The van der Waals surface area contributed by atoms with Crippen LogP contribution >= 0.6 is 0 Å². The van der Waals surface area contributed by atoms with Crippen LogP contribution in [0, 0.1) is 11.5 Å². The smallest absolute Gasteiger partial charge is 0.308 e. The van der Waals surface area contributed by atoms with Gasteiger partial charge in [-0.05, 0) is 73.2 Å². The van der Waals surface area contributed by atoms with Crippen molar-refractivity contribution in [1.82, 2.24) is 0 Å². The number of hydrogen-bond acceptors (Lipinski definition) is 2. The molecule has 7 rings (SSSR count). The number of ether oxygens (including phenoxy) is 1. The van der Waals surface area contributed by atoms with Crippen LogP contribution in [0.15, 0.2) is 176 Å². The highest BCUT2D eigenvalue weighted by Gasteiger charge is 2.51. The van der Waals surface area contributed by atoms with Crippen LogP contribution in [0.2, 0.25) is 0 Å². The minimum Gasteiger partial charge on any atom is -0.427 e. The van der Waals surface area contributed by atoms with Gasteiger partial charge in [0, 0.05) is 12.5 Å². The average molecular weight is 621 g/mol. The molecule has 224 valence electrons. The number of carbonyl (C=O) groups excluding carboxylic acids is 1. The predicted molar refractivity (Wildman–Crippen MR) is 196 cm³/mol. The third-order valence-corrected chi connectivity index (χ3v) is 12.7. The van der Waals surface area contributed by atoms with E-state index >= 15 is 0 Å². The molecule has 6 aromatic carbocycles. The lowest BCUT2D eigenvalue weighted by Crippen LogP contribution is -2.49. The summed E-state index contributed by atoms with van der Waals surface area (Å²) in [5.74, 6) is 3.81. The summed E-state index contributed by atoms with van der Waals surface area (Å²) in [6, 6.07) is 61.4. The van der Waals surface area contributed by atoms with Gasteiger partial charge in [-0.1, -0.05) is 158 Å². The molecule has 0 radical (unpaired) electrons. The van der Waals surface area contributed by atoms with Crippen LogP contribution in [0.4, 0.5) is 0 Å². The molecule has 0 N–H and O–H groups in total. The zero-order valence-electron chi connectivity index (χ0n) is 26.1. The Morgan fingerprint density at radius 3 is 1.28 bits per heavy atom. The monoisotopic (exact) mass is 620 g/mol.